The van der Waals surface area contributed by atoms with Gasteiger partial charge >= 0.3 is 0 Å². The first-order valence-electron chi connectivity index (χ1n) is 7.07. The molecular formula is C13H26O6S2. The maximum absolute atomic E-state index is 11.7. The average molecular weight is 342 g/mol. The van der Waals surface area contributed by atoms with Crippen LogP contribution in [0.15, 0.2) is 11.0 Å². The summed E-state index contributed by atoms with van der Waals surface area (Å²) in [5.74, 6) is -0.699. The highest BCUT2D eigenvalue weighted by Gasteiger charge is 2.23. The van der Waals surface area contributed by atoms with Crippen molar-refractivity contribution in [1.29, 1.82) is 0 Å². The lowest BCUT2D eigenvalue weighted by Gasteiger charge is -2.07. The molecule has 0 radical (unpaired) electrons. The molecule has 0 aromatic heterocycles. The number of hydrogen-bond donors (Lipinski definition) is 0. The minimum atomic E-state index is -4.00. The van der Waals surface area contributed by atoms with E-state index in [1.807, 2.05) is 0 Å². The zero-order valence-corrected chi connectivity index (χ0v) is 14.6. The Morgan fingerprint density at radius 1 is 0.905 bits per heavy atom. The molecule has 0 rings (SSSR count). The third kappa shape index (κ3) is 9.23. The summed E-state index contributed by atoms with van der Waals surface area (Å²) < 4.78 is 54.8. The fourth-order valence-electron chi connectivity index (χ4n) is 1.76. The molecule has 0 unspecified atom stereocenters. The highest BCUT2D eigenvalue weighted by molar-refractivity contribution is 7.93. The van der Waals surface area contributed by atoms with Crippen LogP contribution in [0.1, 0.15) is 51.9 Å². The fraction of sp³-hybridized carbons (Fsp3) is 0.846. The Morgan fingerprint density at radius 2 is 1.48 bits per heavy atom. The second kappa shape index (κ2) is 10.3. The Hall–Kier alpha value is -0.440. The second-order valence-corrected chi connectivity index (χ2v) is 8.22. The molecule has 0 aliphatic rings. The molecular weight excluding hydrogens is 316 g/mol. The van der Waals surface area contributed by atoms with Gasteiger partial charge in [0, 0.05) is 0 Å². The van der Waals surface area contributed by atoms with E-state index in [0.29, 0.717) is 6.42 Å². The number of allylic oxidation sites excluding steroid dienone is 1. The van der Waals surface area contributed by atoms with Gasteiger partial charge < -0.3 is 0 Å². The van der Waals surface area contributed by atoms with E-state index < -0.39 is 26.0 Å². The first-order valence-corrected chi connectivity index (χ1v) is 10.1. The second-order valence-electron chi connectivity index (χ2n) is 4.72. The van der Waals surface area contributed by atoms with Crippen molar-refractivity contribution in [2.45, 2.75) is 51.9 Å². The molecule has 0 aliphatic carbocycles. The first-order chi connectivity index (χ1) is 9.79. The van der Waals surface area contributed by atoms with E-state index in [2.05, 4.69) is 15.3 Å². The van der Waals surface area contributed by atoms with Gasteiger partial charge in [0.15, 0.2) is 0 Å². The lowest BCUT2D eigenvalue weighted by Crippen LogP contribution is -2.17. The molecule has 126 valence electrons. The van der Waals surface area contributed by atoms with Gasteiger partial charge in [0.1, 0.15) is 5.75 Å². The van der Waals surface area contributed by atoms with Gasteiger partial charge in [-0.15, -0.1) is 0 Å². The molecule has 0 fully saturated rings. The van der Waals surface area contributed by atoms with Crippen LogP contribution >= 0.6 is 0 Å². The van der Waals surface area contributed by atoms with E-state index >= 15 is 0 Å². The van der Waals surface area contributed by atoms with Crippen LogP contribution in [0, 0.1) is 0 Å². The van der Waals surface area contributed by atoms with Gasteiger partial charge in [-0.3, -0.25) is 8.37 Å². The summed E-state index contributed by atoms with van der Waals surface area (Å²) in [6.07, 6.45) is 8.37. The van der Waals surface area contributed by atoms with Crippen molar-refractivity contribution in [3.05, 3.63) is 11.0 Å². The maximum atomic E-state index is 11.7. The molecule has 21 heavy (non-hydrogen) atoms. The minimum absolute atomic E-state index is 0.264. The van der Waals surface area contributed by atoms with Crippen molar-refractivity contribution in [2.24, 2.45) is 0 Å². The van der Waals surface area contributed by atoms with E-state index in [1.165, 1.54) is 25.3 Å². The molecule has 6 nitrogen and oxygen atoms in total. The zero-order valence-electron chi connectivity index (χ0n) is 13.0. The van der Waals surface area contributed by atoms with Crippen LogP contribution < -0.4 is 0 Å². The number of unbranched alkanes of at least 4 members (excludes halogenated alkanes) is 6. The van der Waals surface area contributed by atoms with Gasteiger partial charge in [0.2, 0.25) is 0 Å². The monoisotopic (exact) mass is 342 g/mol. The summed E-state index contributed by atoms with van der Waals surface area (Å²) in [7, 11) is -5.89. The van der Waals surface area contributed by atoms with Crippen LogP contribution in [0.2, 0.25) is 0 Å². The predicted octanol–water partition coefficient (Wildman–Crippen LogP) is 2.57. The number of hydrogen-bond acceptors (Lipinski definition) is 6. The van der Waals surface area contributed by atoms with E-state index in [0.717, 1.165) is 33.5 Å². The topological polar surface area (TPSA) is 86.7 Å². The highest BCUT2D eigenvalue weighted by Crippen LogP contribution is 2.15. The Balaban J connectivity index is 4.58. The van der Waals surface area contributed by atoms with Crippen molar-refractivity contribution in [3.8, 4) is 0 Å². The molecule has 0 spiro atoms. The Morgan fingerprint density at radius 3 is 2.00 bits per heavy atom. The van der Waals surface area contributed by atoms with E-state index in [1.54, 1.807) is 0 Å². The zero-order chi connectivity index (χ0) is 16.4. The molecule has 0 aromatic carbocycles. The summed E-state index contributed by atoms with van der Waals surface area (Å²) >= 11 is 0. The first kappa shape index (κ1) is 20.6. The van der Waals surface area contributed by atoms with Gasteiger partial charge in [-0.1, -0.05) is 45.1 Å². The van der Waals surface area contributed by atoms with Gasteiger partial charge in [0.05, 0.1) is 19.1 Å². The molecule has 0 heterocycles. The molecule has 0 saturated heterocycles. The summed E-state index contributed by atoms with van der Waals surface area (Å²) in [5, 5.41) is 0. The lowest BCUT2D eigenvalue weighted by molar-refractivity contribution is 0.394. The van der Waals surface area contributed by atoms with Crippen LogP contribution in [-0.2, 0) is 28.6 Å². The smallest absolute Gasteiger partial charge is 0.273 e. The normalized spacial score (nSPS) is 13.6. The minimum Gasteiger partial charge on any atom is -0.273 e. The largest absolute Gasteiger partial charge is 0.293 e. The molecule has 0 aliphatic heterocycles. The molecule has 8 heteroatoms. The van der Waals surface area contributed by atoms with Gasteiger partial charge in [-0.2, -0.15) is 16.8 Å². The van der Waals surface area contributed by atoms with Gasteiger partial charge in [0.25, 0.3) is 20.2 Å². The predicted molar refractivity (Wildman–Crippen MR) is 82.8 cm³/mol. The van der Waals surface area contributed by atoms with Crippen molar-refractivity contribution in [1.82, 2.24) is 0 Å². The molecule has 0 bridgehead atoms. The Labute approximate surface area is 128 Å². The molecule has 0 N–H and O–H groups in total. The molecule has 0 atom stereocenters. The summed E-state index contributed by atoms with van der Waals surface area (Å²) in [5.41, 5.74) is 0. The Kier molecular flexibility index (Phi) is 10.1. The third-order valence-corrected chi connectivity index (χ3v) is 5.79. The van der Waals surface area contributed by atoms with Crippen molar-refractivity contribution in [2.75, 3.05) is 20.0 Å². The van der Waals surface area contributed by atoms with E-state index in [-0.39, 0.29) is 4.91 Å². The highest BCUT2D eigenvalue weighted by atomic mass is 32.2. The van der Waals surface area contributed by atoms with Crippen LogP contribution in [0.4, 0.5) is 0 Å². The van der Waals surface area contributed by atoms with Crippen LogP contribution in [0.5, 0.6) is 0 Å². The van der Waals surface area contributed by atoms with Crippen molar-refractivity contribution in [3.63, 3.8) is 0 Å². The quantitative estimate of drug-likeness (QED) is 0.400. The summed E-state index contributed by atoms with van der Waals surface area (Å²) in [6, 6.07) is 0. The van der Waals surface area contributed by atoms with Crippen LogP contribution in [0.3, 0.4) is 0 Å². The number of rotatable bonds is 12. The van der Waals surface area contributed by atoms with Crippen LogP contribution in [-0.4, -0.2) is 36.8 Å². The molecule has 0 aromatic rings. The Bertz CT molecular complexity index is 505. The van der Waals surface area contributed by atoms with Crippen molar-refractivity contribution < 1.29 is 25.2 Å². The third-order valence-electron chi connectivity index (χ3n) is 3.04. The van der Waals surface area contributed by atoms with Crippen molar-refractivity contribution >= 4 is 20.2 Å². The maximum Gasteiger partial charge on any atom is 0.293 e. The fourth-order valence-corrected chi connectivity index (χ4v) is 3.89. The van der Waals surface area contributed by atoms with Crippen LogP contribution in [0.25, 0.3) is 0 Å². The summed E-state index contributed by atoms with van der Waals surface area (Å²) in [4.78, 5) is -0.264. The summed E-state index contributed by atoms with van der Waals surface area (Å²) in [6.45, 7) is 2.14. The molecule has 0 amide bonds. The van der Waals surface area contributed by atoms with E-state index in [4.69, 9.17) is 0 Å². The van der Waals surface area contributed by atoms with Gasteiger partial charge in [-0.05, 0) is 12.8 Å². The molecule has 0 saturated carbocycles. The average Bonchev–Trinajstić information content (AvgIpc) is 2.45. The SMILES string of the molecule is CCCCCCCC/C=C(\CS(=O)(=O)OC)S(=O)(=O)OC. The van der Waals surface area contributed by atoms with Gasteiger partial charge in [-0.25, -0.2) is 0 Å². The van der Waals surface area contributed by atoms with E-state index in [9.17, 15) is 16.8 Å². The lowest BCUT2D eigenvalue weighted by atomic mass is 10.1. The standard InChI is InChI=1S/C13H26O6S2/c1-4-5-6-7-8-9-10-11-13(21(16,17)19-3)12-20(14,15)18-2/h11H,4-10,12H2,1-3H3/b13-11+.